The summed E-state index contributed by atoms with van der Waals surface area (Å²) in [6.45, 7) is 10.3. The number of aryl methyl sites for hydroxylation is 2. The zero-order chi connectivity index (χ0) is 27.1. The van der Waals surface area contributed by atoms with Crippen molar-refractivity contribution in [2.75, 3.05) is 0 Å². The van der Waals surface area contributed by atoms with Gasteiger partial charge in [0, 0.05) is 37.5 Å². The van der Waals surface area contributed by atoms with E-state index < -0.39 is 0 Å². The fourth-order valence-electron chi connectivity index (χ4n) is 5.78. The Hall–Kier alpha value is -4.02. The van der Waals surface area contributed by atoms with E-state index in [2.05, 4.69) is 74.5 Å². The van der Waals surface area contributed by atoms with Crippen LogP contribution in [0, 0.1) is 19.7 Å². The second kappa shape index (κ2) is 8.49. The molecule has 2 nitrogen and oxygen atoms in total. The van der Waals surface area contributed by atoms with Crippen LogP contribution >= 0.6 is 11.3 Å². The Morgan fingerprint density at radius 2 is 1.64 bits per heavy atom. The van der Waals surface area contributed by atoms with Gasteiger partial charge in [0.15, 0.2) is 0 Å². The van der Waals surface area contributed by atoms with E-state index in [-0.39, 0.29) is 11.2 Å². The van der Waals surface area contributed by atoms with Gasteiger partial charge in [-0.05, 0) is 94.8 Å². The number of rotatable bonds is 2. The molecule has 7 rings (SSSR count). The zero-order valence-corrected chi connectivity index (χ0v) is 23.5. The van der Waals surface area contributed by atoms with Crippen molar-refractivity contribution < 1.29 is 8.81 Å². The molecule has 0 N–H and O–H groups in total. The van der Waals surface area contributed by atoms with Crippen molar-refractivity contribution in [2.24, 2.45) is 0 Å². The molecular formula is C35H28FNOS. The standard InChI is InChI=1S/C35H28FNOS/c1-19-14-26-25-17-29(36)28(35(3,4)5)18-30(25)38-33(26)27(15-19)32-24-11-10-22(16-21(24)12-13-37-32)34-20(2)23-8-6-7-9-31(23)39-34/h6-18H,1-5H3. The van der Waals surface area contributed by atoms with Crippen LogP contribution in [0.3, 0.4) is 0 Å². The lowest BCUT2D eigenvalue weighted by atomic mass is 9.86. The predicted molar refractivity (Wildman–Crippen MR) is 163 cm³/mol. The summed E-state index contributed by atoms with van der Waals surface area (Å²) in [5.41, 5.74) is 7.17. The van der Waals surface area contributed by atoms with Gasteiger partial charge in [0.05, 0.1) is 5.69 Å². The highest BCUT2D eigenvalue weighted by molar-refractivity contribution is 7.22. The van der Waals surface area contributed by atoms with E-state index in [1.54, 1.807) is 6.07 Å². The van der Waals surface area contributed by atoms with E-state index in [0.717, 1.165) is 43.9 Å². The lowest BCUT2D eigenvalue weighted by Crippen LogP contribution is -2.13. The third-order valence-electron chi connectivity index (χ3n) is 7.74. The molecule has 0 bridgehead atoms. The first-order valence-corrected chi connectivity index (χ1v) is 14.1. The average Bonchev–Trinajstić information content (AvgIpc) is 3.44. The number of fused-ring (bicyclic) bond motifs is 5. The van der Waals surface area contributed by atoms with Crippen LogP contribution in [0.2, 0.25) is 0 Å². The van der Waals surface area contributed by atoms with Crippen LogP contribution in [0.25, 0.3) is 64.5 Å². The Bertz CT molecular complexity index is 2090. The summed E-state index contributed by atoms with van der Waals surface area (Å²) in [6, 6.07) is 25.0. The number of hydrogen-bond acceptors (Lipinski definition) is 3. The van der Waals surface area contributed by atoms with Gasteiger partial charge in [0.1, 0.15) is 17.0 Å². The molecule has 0 unspecified atom stereocenters. The van der Waals surface area contributed by atoms with Crippen molar-refractivity contribution in [1.82, 2.24) is 4.98 Å². The van der Waals surface area contributed by atoms with Gasteiger partial charge in [-0.15, -0.1) is 11.3 Å². The lowest BCUT2D eigenvalue weighted by molar-refractivity contribution is 0.522. The molecule has 0 fully saturated rings. The number of benzene rings is 4. The third-order valence-corrected chi connectivity index (χ3v) is 9.06. The van der Waals surface area contributed by atoms with Crippen LogP contribution in [-0.2, 0) is 5.41 Å². The van der Waals surface area contributed by atoms with Gasteiger partial charge in [-0.3, -0.25) is 4.98 Å². The summed E-state index contributed by atoms with van der Waals surface area (Å²) in [5.74, 6) is -0.201. The normalized spacial score (nSPS) is 12.4. The number of pyridine rings is 1. The molecule has 0 saturated carbocycles. The monoisotopic (exact) mass is 529 g/mol. The molecule has 3 aromatic heterocycles. The van der Waals surface area contributed by atoms with Crippen LogP contribution < -0.4 is 0 Å². The molecule has 0 saturated heterocycles. The fraction of sp³-hybridized carbons (Fsp3) is 0.171. The maximum Gasteiger partial charge on any atom is 0.144 e. The Kier molecular flexibility index (Phi) is 5.24. The first-order chi connectivity index (χ1) is 18.7. The van der Waals surface area contributed by atoms with E-state index in [1.165, 1.54) is 26.1 Å². The maximum absolute atomic E-state index is 15.2. The molecule has 0 radical (unpaired) electrons. The number of hydrogen-bond donors (Lipinski definition) is 0. The summed E-state index contributed by atoms with van der Waals surface area (Å²) in [5, 5.41) is 5.21. The minimum absolute atomic E-state index is 0.201. The van der Waals surface area contributed by atoms with E-state index in [1.807, 2.05) is 44.4 Å². The van der Waals surface area contributed by atoms with Gasteiger partial charge in [0.2, 0.25) is 0 Å². The minimum atomic E-state index is -0.322. The molecule has 3 heterocycles. The van der Waals surface area contributed by atoms with Crippen molar-refractivity contribution >= 4 is 54.1 Å². The molecule has 7 aromatic rings. The number of thiophene rings is 1. The number of aromatic nitrogens is 1. The summed E-state index contributed by atoms with van der Waals surface area (Å²) < 4.78 is 22.9. The Morgan fingerprint density at radius 3 is 2.44 bits per heavy atom. The van der Waals surface area contributed by atoms with Crippen LogP contribution in [0.15, 0.2) is 83.4 Å². The first-order valence-electron chi connectivity index (χ1n) is 13.2. The van der Waals surface area contributed by atoms with Crippen molar-refractivity contribution in [3.63, 3.8) is 0 Å². The van der Waals surface area contributed by atoms with Crippen molar-refractivity contribution in [1.29, 1.82) is 0 Å². The van der Waals surface area contributed by atoms with E-state index in [4.69, 9.17) is 9.40 Å². The van der Waals surface area contributed by atoms with Gasteiger partial charge in [-0.25, -0.2) is 4.39 Å². The van der Waals surface area contributed by atoms with Crippen LogP contribution in [-0.4, -0.2) is 4.98 Å². The van der Waals surface area contributed by atoms with Crippen LogP contribution in [0.5, 0.6) is 0 Å². The predicted octanol–water partition coefficient (Wildman–Crippen LogP) is 10.7. The van der Waals surface area contributed by atoms with Gasteiger partial charge < -0.3 is 4.42 Å². The molecule has 0 spiro atoms. The molecule has 4 aromatic carbocycles. The average molecular weight is 530 g/mol. The lowest BCUT2D eigenvalue weighted by Gasteiger charge is -2.19. The SMILES string of the molecule is Cc1cc(-c2nccc3cc(-c4sc5ccccc5c4C)ccc23)c2oc3cc(C(C)(C)C)c(F)cc3c2c1. The molecule has 39 heavy (non-hydrogen) atoms. The largest absolute Gasteiger partial charge is 0.455 e. The molecule has 0 aliphatic rings. The Labute approximate surface area is 230 Å². The number of furan rings is 1. The second-order valence-corrected chi connectivity index (χ2v) is 12.6. The van der Waals surface area contributed by atoms with Crippen LogP contribution in [0.1, 0.15) is 37.5 Å². The smallest absolute Gasteiger partial charge is 0.144 e. The Balaban J connectivity index is 1.44. The quantitative estimate of drug-likeness (QED) is 0.223. The van der Waals surface area contributed by atoms with Gasteiger partial charge in [-0.2, -0.15) is 0 Å². The topological polar surface area (TPSA) is 26.0 Å². The van der Waals surface area contributed by atoms with Gasteiger partial charge in [0.25, 0.3) is 0 Å². The maximum atomic E-state index is 15.2. The molecule has 192 valence electrons. The molecule has 0 aliphatic carbocycles. The van der Waals surface area contributed by atoms with Crippen molar-refractivity contribution in [3.05, 3.63) is 102 Å². The second-order valence-electron chi connectivity index (χ2n) is 11.5. The molecule has 0 aliphatic heterocycles. The highest BCUT2D eigenvalue weighted by atomic mass is 32.1. The van der Waals surface area contributed by atoms with Gasteiger partial charge in [-0.1, -0.05) is 51.1 Å². The molecule has 0 amide bonds. The molecular weight excluding hydrogens is 501 g/mol. The molecule has 4 heteroatoms. The minimum Gasteiger partial charge on any atom is -0.455 e. The van der Waals surface area contributed by atoms with Crippen molar-refractivity contribution in [2.45, 2.75) is 40.0 Å². The first kappa shape index (κ1) is 24.1. The highest BCUT2D eigenvalue weighted by Crippen LogP contribution is 2.42. The van der Waals surface area contributed by atoms with Crippen molar-refractivity contribution in [3.8, 4) is 21.7 Å². The van der Waals surface area contributed by atoms with E-state index in [9.17, 15) is 0 Å². The Morgan fingerprint density at radius 1 is 0.821 bits per heavy atom. The summed E-state index contributed by atoms with van der Waals surface area (Å²) in [6.07, 6.45) is 1.87. The van der Waals surface area contributed by atoms with E-state index >= 15 is 4.39 Å². The third kappa shape index (κ3) is 3.77. The summed E-state index contributed by atoms with van der Waals surface area (Å²) in [7, 11) is 0. The number of nitrogens with zero attached hydrogens (tertiary/aromatic N) is 1. The zero-order valence-electron chi connectivity index (χ0n) is 22.6. The summed E-state index contributed by atoms with van der Waals surface area (Å²) in [4.78, 5) is 6.13. The van der Waals surface area contributed by atoms with Gasteiger partial charge >= 0.3 is 0 Å². The number of halogens is 1. The molecule has 0 atom stereocenters. The highest BCUT2D eigenvalue weighted by Gasteiger charge is 2.23. The fourth-order valence-corrected chi connectivity index (χ4v) is 6.98. The summed E-state index contributed by atoms with van der Waals surface area (Å²) >= 11 is 1.83. The van der Waals surface area contributed by atoms with E-state index in [0.29, 0.717) is 11.1 Å². The van der Waals surface area contributed by atoms with Crippen LogP contribution in [0.4, 0.5) is 4.39 Å².